The Kier molecular flexibility index (Phi) is 5.37. The van der Waals surface area contributed by atoms with E-state index in [1.807, 2.05) is 6.92 Å². The molecule has 1 nitrogen and oxygen atoms in total. The Morgan fingerprint density at radius 2 is 1.86 bits per heavy atom. The van der Waals surface area contributed by atoms with Gasteiger partial charge in [-0.1, -0.05) is 27.2 Å². The minimum atomic E-state index is -0.377. The molecular formula is C18H27F2N. The first-order valence-corrected chi connectivity index (χ1v) is 8.09. The second-order valence-corrected chi connectivity index (χ2v) is 6.99. The van der Waals surface area contributed by atoms with Crippen LogP contribution in [-0.4, -0.2) is 6.04 Å². The maximum Gasteiger partial charge on any atom is 0.128 e. The molecule has 1 aromatic rings. The summed E-state index contributed by atoms with van der Waals surface area (Å²) in [4.78, 5) is 0. The highest BCUT2D eigenvalue weighted by molar-refractivity contribution is 5.22. The van der Waals surface area contributed by atoms with Crippen molar-refractivity contribution in [2.45, 2.75) is 59.0 Å². The summed E-state index contributed by atoms with van der Waals surface area (Å²) in [5.74, 6) is 1.21. The zero-order valence-corrected chi connectivity index (χ0v) is 13.5. The molecule has 3 heteroatoms. The van der Waals surface area contributed by atoms with Crippen molar-refractivity contribution < 1.29 is 8.78 Å². The Labute approximate surface area is 127 Å². The largest absolute Gasteiger partial charge is 0.307 e. The Balaban J connectivity index is 2.12. The summed E-state index contributed by atoms with van der Waals surface area (Å²) in [7, 11) is 0. The van der Waals surface area contributed by atoms with Crippen LogP contribution in [0, 0.1) is 29.4 Å². The predicted molar refractivity (Wildman–Crippen MR) is 83.0 cm³/mol. The van der Waals surface area contributed by atoms with Crippen molar-refractivity contribution >= 4 is 0 Å². The summed E-state index contributed by atoms with van der Waals surface area (Å²) < 4.78 is 27.3. The molecule has 0 bridgehead atoms. The summed E-state index contributed by atoms with van der Waals surface area (Å²) in [6.45, 7) is 8.71. The lowest BCUT2D eigenvalue weighted by atomic mass is 9.73. The second kappa shape index (κ2) is 6.87. The minimum absolute atomic E-state index is 0.169. The summed E-state index contributed by atoms with van der Waals surface area (Å²) >= 11 is 0. The number of rotatable bonds is 4. The average Bonchev–Trinajstić information content (AvgIpc) is 2.41. The van der Waals surface area contributed by atoms with E-state index in [9.17, 15) is 8.78 Å². The van der Waals surface area contributed by atoms with E-state index in [1.54, 1.807) is 0 Å². The van der Waals surface area contributed by atoms with Crippen molar-refractivity contribution in [2.75, 3.05) is 0 Å². The molecular weight excluding hydrogens is 268 g/mol. The van der Waals surface area contributed by atoms with Gasteiger partial charge in [-0.05, 0) is 55.7 Å². The highest BCUT2D eigenvalue weighted by Gasteiger charge is 2.31. The zero-order chi connectivity index (χ0) is 15.6. The van der Waals surface area contributed by atoms with E-state index in [-0.39, 0.29) is 17.7 Å². The molecule has 0 radical (unpaired) electrons. The van der Waals surface area contributed by atoms with Crippen LogP contribution in [0.15, 0.2) is 18.2 Å². The molecule has 4 unspecified atom stereocenters. The third kappa shape index (κ3) is 4.03. The highest BCUT2D eigenvalue weighted by atomic mass is 19.1. The van der Waals surface area contributed by atoms with Crippen LogP contribution in [-0.2, 0) is 0 Å². The summed E-state index contributed by atoms with van der Waals surface area (Å²) in [6, 6.07) is 3.91. The Morgan fingerprint density at radius 1 is 1.14 bits per heavy atom. The van der Waals surface area contributed by atoms with E-state index < -0.39 is 0 Å². The number of hydrogen-bond donors (Lipinski definition) is 1. The first-order chi connectivity index (χ1) is 9.88. The Bertz CT molecular complexity index is 472. The maximum absolute atomic E-state index is 13.9. The van der Waals surface area contributed by atoms with Gasteiger partial charge in [0, 0.05) is 17.6 Å². The summed E-state index contributed by atoms with van der Waals surface area (Å²) in [5, 5.41) is 3.56. The predicted octanol–water partition coefficient (Wildman–Crippen LogP) is 5.08. The fraction of sp³-hybridized carbons (Fsp3) is 0.667. The molecule has 1 aliphatic rings. The lowest BCUT2D eigenvalue weighted by Gasteiger charge is -2.39. The van der Waals surface area contributed by atoms with Crippen LogP contribution in [0.4, 0.5) is 8.78 Å². The average molecular weight is 295 g/mol. The molecule has 0 amide bonds. The van der Waals surface area contributed by atoms with E-state index in [0.29, 0.717) is 29.4 Å². The molecule has 0 spiro atoms. The topological polar surface area (TPSA) is 12.0 Å². The molecule has 4 atom stereocenters. The SMILES string of the molecule is CC1CCC(C(C)C)C(NC(C)c2cc(F)ccc2F)C1. The van der Waals surface area contributed by atoms with Crippen LogP contribution in [0.1, 0.15) is 58.6 Å². The van der Waals surface area contributed by atoms with Gasteiger partial charge in [0.15, 0.2) is 0 Å². The van der Waals surface area contributed by atoms with Crippen LogP contribution in [0.3, 0.4) is 0 Å². The molecule has 2 rings (SSSR count). The normalized spacial score (nSPS) is 27.9. The van der Waals surface area contributed by atoms with Crippen molar-refractivity contribution in [3.63, 3.8) is 0 Å². The summed E-state index contributed by atoms with van der Waals surface area (Å²) in [6.07, 6.45) is 3.60. The monoisotopic (exact) mass is 295 g/mol. The van der Waals surface area contributed by atoms with Gasteiger partial charge in [0.1, 0.15) is 11.6 Å². The molecule has 1 aromatic carbocycles. The van der Waals surface area contributed by atoms with Crippen LogP contribution in [0.2, 0.25) is 0 Å². The van der Waals surface area contributed by atoms with Crippen LogP contribution in [0.5, 0.6) is 0 Å². The Hall–Kier alpha value is -0.960. The van der Waals surface area contributed by atoms with Crippen LogP contribution in [0.25, 0.3) is 0 Å². The smallest absolute Gasteiger partial charge is 0.128 e. The van der Waals surface area contributed by atoms with Gasteiger partial charge in [0.2, 0.25) is 0 Å². The number of hydrogen-bond acceptors (Lipinski definition) is 1. The Morgan fingerprint density at radius 3 is 2.52 bits per heavy atom. The van der Waals surface area contributed by atoms with Crippen molar-refractivity contribution in [3.05, 3.63) is 35.4 Å². The molecule has 1 N–H and O–H groups in total. The highest BCUT2D eigenvalue weighted by Crippen LogP contribution is 2.35. The first kappa shape index (κ1) is 16.4. The molecule has 0 aromatic heterocycles. The van der Waals surface area contributed by atoms with Gasteiger partial charge in [-0.2, -0.15) is 0 Å². The number of benzene rings is 1. The second-order valence-electron chi connectivity index (χ2n) is 6.99. The van der Waals surface area contributed by atoms with Gasteiger partial charge in [-0.3, -0.25) is 0 Å². The van der Waals surface area contributed by atoms with E-state index in [4.69, 9.17) is 0 Å². The zero-order valence-electron chi connectivity index (χ0n) is 13.5. The maximum atomic E-state index is 13.9. The molecule has 1 aliphatic carbocycles. The summed E-state index contributed by atoms with van der Waals surface area (Å²) in [5.41, 5.74) is 0.427. The fourth-order valence-electron chi connectivity index (χ4n) is 3.65. The third-order valence-corrected chi connectivity index (χ3v) is 4.91. The van der Waals surface area contributed by atoms with E-state index in [2.05, 4.69) is 26.1 Å². The van der Waals surface area contributed by atoms with Gasteiger partial charge in [0.25, 0.3) is 0 Å². The van der Waals surface area contributed by atoms with E-state index in [0.717, 1.165) is 6.42 Å². The van der Waals surface area contributed by atoms with Crippen molar-refractivity contribution in [2.24, 2.45) is 17.8 Å². The molecule has 1 saturated carbocycles. The molecule has 0 aliphatic heterocycles. The fourth-order valence-corrected chi connectivity index (χ4v) is 3.65. The van der Waals surface area contributed by atoms with Crippen molar-refractivity contribution in [1.29, 1.82) is 0 Å². The number of nitrogens with one attached hydrogen (secondary N) is 1. The van der Waals surface area contributed by atoms with Crippen molar-refractivity contribution in [3.8, 4) is 0 Å². The van der Waals surface area contributed by atoms with Gasteiger partial charge < -0.3 is 5.32 Å². The van der Waals surface area contributed by atoms with E-state index in [1.165, 1.54) is 31.0 Å². The quantitative estimate of drug-likeness (QED) is 0.817. The lowest BCUT2D eigenvalue weighted by molar-refractivity contribution is 0.160. The third-order valence-electron chi connectivity index (χ3n) is 4.91. The lowest BCUT2D eigenvalue weighted by Crippen LogP contribution is -2.44. The van der Waals surface area contributed by atoms with Crippen LogP contribution < -0.4 is 5.32 Å². The van der Waals surface area contributed by atoms with Gasteiger partial charge in [-0.15, -0.1) is 0 Å². The standard InChI is InChI=1S/C18H27F2N/c1-11(2)15-7-5-12(3)9-18(15)21-13(4)16-10-14(19)6-8-17(16)20/h6,8,10-13,15,18,21H,5,7,9H2,1-4H3. The molecule has 118 valence electrons. The molecule has 1 fully saturated rings. The van der Waals surface area contributed by atoms with E-state index >= 15 is 0 Å². The minimum Gasteiger partial charge on any atom is -0.307 e. The first-order valence-electron chi connectivity index (χ1n) is 8.09. The van der Waals surface area contributed by atoms with Gasteiger partial charge in [0.05, 0.1) is 0 Å². The van der Waals surface area contributed by atoms with Gasteiger partial charge in [-0.25, -0.2) is 8.78 Å². The van der Waals surface area contributed by atoms with Crippen molar-refractivity contribution in [1.82, 2.24) is 5.32 Å². The van der Waals surface area contributed by atoms with Crippen LogP contribution >= 0.6 is 0 Å². The molecule has 0 saturated heterocycles. The number of halogens is 2. The molecule has 21 heavy (non-hydrogen) atoms. The van der Waals surface area contributed by atoms with Gasteiger partial charge >= 0.3 is 0 Å². The molecule has 0 heterocycles.